The maximum atomic E-state index is 12.3. The maximum absolute atomic E-state index is 12.3. The molecule has 0 unspecified atom stereocenters. The molecule has 0 radical (unpaired) electrons. The van der Waals surface area contributed by atoms with Crippen molar-refractivity contribution < 1.29 is 9.53 Å². The minimum atomic E-state index is -0.544. The number of hydrogen-bond acceptors (Lipinski definition) is 5. The van der Waals surface area contributed by atoms with Crippen molar-refractivity contribution in [1.82, 2.24) is 24.7 Å². The summed E-state index contributed by atoms with van der Waals surface area (Å²) in [6.07, 6.45) is 0. The third kappa shape index (κ3) is 2.38. The van der Waals surface area contributed by atoms with Crippen molar-refractivity contribution in [3.63, 3.8) is 0 Å². The summed E-state index contributed by atoms with van der Waals surface area (Å²) in [5.74, 6) is -0.138. The lowest BCUT2D eigenvalue weighted by Gasteiger charge is -2.00. The molecule has 0 fully saturated rings. The Labute approximate surface area is 141 Å². The van der Waals surface area contributed by atoms with E-state index in [0.717, 1.165) is 11.0 Å². The van der Waals surface area contributed by atoms with Crippen molar-refractivity contribution in [3.05, 3.63) is 51.9 Å². The first-order valence-electron chi connectivity index (χ1n) is 7.83. The Bertz CT molecular complexity index is 1140. The van der Waals surface area contributed by atoms with Crippen molar-refractivity contribution in [2.24, 2.45) is 0 Å². The van der Waals surface area contributed by atoms with Gasteiger partial charge in [0.25, 0.3) is 0 Å². The molecule has 8 nitrogen and oxygen atoms in total. The lowest BCUT2D eigenvalue weighted by Crippen LogP contribution is -2.08. The lowest BCUT2D eigenvalue weighted by atomic mass is 10.1. The molecule has 0 aliphatic carbocycles. The van der Waals surface area contributed by atoms with E-state index in [1.165, 1.54) is 10.7 Å². The average molecular weight is 337 g/mol. The van der Waals surface area contributed by atoms with Gasteiger partial charge in [0, 0.05) is 6.07 Å². The van der Waals surface area contributed by atoms with Crippen molar-refractivity contribution in [1.29, 1.82) is 0 Å². The summed E-state index contributed by atoms with van der Waals surface area (Å²) in [5.41, 5.74) is 2.49. The van der Waals surface area contributed by atoms with E-state index in [1.54, 1.807) is 13.8 Å². The second-order valence-corrected chi connectivity index (χ2v) is 5.60. The molecule has 3 heterocycles. The molecule has 0 saturated heterocycles. The molecule has 0 spiro atoms. The quantitative estimate of drug-likeness (QED) is 0.557. The van der Waals surface area contributed by atoms with E-state index < -0.39 is 5.97 Å². The van der Waals surface area contributed by atoms with E-state index in [0.29, 0.717) is 22.5 Å². The van der Waals surface area contributed by atoms with Crippen LogP contribution in [-0.4, -0.2) is 37.3 Å². The highest BCUT2D eigenvalue weighted by atomic mass is 16.5. The molecular weight excluding hydrogens is 322 g/mol. The third-order valence-corrected chi connectivity index (χ3v) is 3.92. The minimum absolute atomic E-state index is 0.144. The van der Waals surface area contributed by atoms with Crippen LogP contribution < -0.4 is 5.56 Å². The van der Waals surface area contributed by atoms with Crippen LogP contribution in [-0.2, 0) is 4.74 Å². The molecule has 25 heavy (non-hydrogen) atoms. The number of aromatic nitrogens is 5. The monoisotopic (exact) mass is 337 g/mol. The largest absolute Gasteiger partial charge is 0.461 e. The zero-order valence-electron chi connectivity index (χ0n) is 13.7. The van der Waals surface area contributed by atoms with Gasteiger partial charge in [-0.2, -0.15) is 9.78 Å². The molecule has 3 aromatic heterocycles. The van der Waals surface area contributed by atoms with Crippen LogP contribution in [0.1, 0.15) is 23.0 Å². The lowest BCUT2D eigenvalue weighted by molar-refractivity contribution is 0.0521. The predicted octanol–water partition coefficient (Wildman–Crippen LogP) is 2.08. The van der Waals surface area contributed by atoms with Gasteiger partial charge in [-0.3, -0.25) is 4.79 Å². The number of imidazole rings is 1. The second-order valence-electron chi connectivity index (χ2n) is 5.60. The standard InChI is InChI=1S/C17H15N5O3/c1-3-25-16(24)14-13-9(2)8-12(23)20-15(13)22(21-14)17-18-10-6-4-5-7-11(10)19-17/h4-8H,3H2,1-2H3,(H,18,19)(H,20,23). The average Bonchev–Trinajstić information content (AvgIpc) is 3.15. The van der Waals surface area contributed by atoms with Gasteiger partial charge in [0.15, 0.2) is 5.69 Å². The number of H-pyrrole nitrogens is 2. The van der Waals surface area contributed by atoms with Crippen LogP contribution in [0.4, 0.5) is 0 Å². The highest BCUT2D eigenvalue weighted by Crippen LogP contribution is 2.23. The van der Waals surface area contributed by atoms with Gasteiger partial charge < -0.3 is 14.7 Å². The number of hydrogen-bond donors (Lipinski definition) is 2. The summed E-state index contributed by atoms with van der Waals surface area (Å²) in [6.45, 7) is 3.72. The number of rotatable bonds is 3. The number of fused-ring (bicyclic) bond motifs is 2. The van der Waals surface area contributed by atoms with Gasteiger partial charge >= 0.3 is 5.97 Å². The van der Waals surface area contributed by atoms with Crippen molar-refractivity contribution in [2.75, 3.05) is 6.61 Å². The normalized spacial score (nSPS) is 11.3. The number of carbonyl (C=O) groups is 1. The van der Waals surface area contributed by atoms with Crippen LogP contribution in [0, 0.1) is 6.92 Å². The highest BCUT2D eigenvalue weighted by Gasteiger charge is 2.23. The number of aryl methyl sites for hydroxylation is 1. The number of carbonyl (C=O) groups excluding carboxylic acids is 1. The number of pyridine rings is 1. The summed E-state index contributed by atoms with van der Waals surface area (Å²) in [7, 11) is 0. The summed E-state index contributed by atoms with van der Waals surface area (Å²) >= 11 is 0. The third-order valence-electron chi connectivity index (χ3n) is 3.92. The molecule has 0 aliphatic heterocycles. The van der Waals surface area contributed by atoms with Crippen molar-refractivity contribution >= 4 is 28.0 Å². The van der Waals surface area contributed by atoms with Gasteiger partial charge in [-0.25, -0.2) is 9.78 Å². The zero-order chi connectivity index (χ0) is 17.6. The highest BCUT2D eigenvalue weighted by molar-refractivity contribution is 6.02. The Balaban J connectivity index is 2.03. The van der Waals surface area contributed by atoms with Crippen LogP contribution >= 0.6 is 0 Å². The second kappa shape index (κ2) is 5.59. The topological polar surface area (TPSA) is 106 Å². The molecule has 4 aromatic rings. The summed E-state index contributed by atoms with van der Waals surface area (Å²) in [4.78, 5) is 34.6. The molecule has 0 amide bonds. The van der Waals surface area contributed by atoms with Gasteiger partial charge in [-0.05, 0) is 31.5 Å². The van der Waals surface area contributed by atoms with Crippen molar-refractivity contribution in [3.8, 4) is 5.95 Å². The molecule has 4 rings (SSSR count). The number of para-hydroxylation sites is 2. The molecule has 1 aromatic carbocycles. The van der Waals surface area contributed by atoms with Crippen LogP contribution in [0.2, 0.25) is 0 Å². The molecule has 126 valence electrons. The number of aromatic amines is 2. The molecular formula is C17H15N5O3. The summed E-state index contributed by atoms with van der Waals surface area (Å²) in [5, 5.41) is 4.89. The Morgan fingerprint density at radius 1 is 1.28 bits per heavy atom. The predicted molar refractivity (Wildman–Crippen MR) is 92.0 cm³/mol. The number of nitrogens with zero attached hydrogens (tertiary/aromatic N) is 3. The van der Waals surface area contributed by atoms with Crippen LogP contribution in [0.5, 0.6) is 0 Å². The van der Waals surface area contributed by atoms with E-state index in [1.807, 2.05) is 24.3 Å². The Hall–Kier alpha value is -3.42. The van der Waals surface area contributed by atoms with Crippen LogP contribution in [0.3, 0.4) is 0 Å². The van der Waals surface area contributed by atoms with Gasteiger partial charge in [0.1, 0.15) is 5.65 Å². The Kier molecular flexibility index (Phi) is 3.38. The van der Waals surface area contributed by atoms with Gasteiger partial charge in [0.05, 0.1) is 23.0 Å². The smallest absolute Gasteiger partial charge is 0.359 e. The summed E-state index contributed by atoms with van der Waals surface area (Å²) in [6, 6.07) is 8.94. The first-order valence-corrected chi connectivity index (χ1v) is 7.83. The minimum Gasteiger partial charge on any atom is -0.461 e. The van der Waals surface area contributed by atoms with Crippen molar-refractivity contribution in [2.45, 2.75) is 13.8 Å². The maximum Gasteiger partial charge on any atom is 0.359 e. The van der Waals surface area contributed by atoms with E-state index in [2.05, 4.69) is 20.1 Å². The van der Waals surface area contributed by atoms with E-state index >= 15 is 0 Å². The number of benzene rings is 1. The first-order chi connectivity index (χ1) is 12.1. The first kappa shape index (κ1) is 15.1. The molecule has 0 aliphatic rings. The molecule has 0 atom stereocenters. The number of ether oxygens (including phenoxy) is 1. The van der Waals surface area contributed by atoms with Crippen LogP contribution in [0.25, 0.3) is 28.0 Å². The Morgan fingerprint density at radius 3 is 2.84 bits per heavy atom. The Morgan fingerprint density at radius 2 is 2.08 bits per heavy atom. The van der Waals surface area contributed by atoms with Gasteiger partial charge in [0.2, 0.25) is 11.5 Å². The molecule has 0 saturated carbocycles. The van der Waals surface area contributed by atoms with E-state index in [9.17, 15) is 9.59 Å². The fourth-order valence-corrected chi connectivity index (χ4v) is 2.86. The number of esters is 1. The fraction of sp³-hybridized carbons (Fsp3) is 0.176. The molecule has 0 bridgehead atoms. The van der Waals surface area contributed by atoms with Crippen LogP contribution in [0.15, 0.2) is 35.1 Å². The number of nitrogens with one attached hydrogen (secondary N) is 2. The zero-order valence-corrected chi connectivity index (χ0v) is 13.7. The van der Waals surface area contributed by atoms with Gasteiger partial charge in [-0.1, -0.05) is 12.1 Å². The SMILES string of the molecule is CCOC(=O)c1nn(-c2nc3ccccc3[nH]2)c2[nH]c(=O)cc(C)c12. The molecule has 8 heteroatoms. The summed E-state index contributed by atoms with van der Waals surface area (Å²) < 4.78 is 6.52. The van der Waals surface area contributed by atoms with Gasteiger partial charge in [-0.15, -0.1) is 0 Å². The fourth-order valence-electron chi connectivity index (χ4n) is 2.86. The van der Waals surface area contributed by atoms with E-state index in [-0.39, 0.29) is 17.9 Å². The van der Waals surface area contributed by atoms with E-state index in [4.69, 9.17) is 4.74 Å². The molecule has 2 N–H and O–H groups in total.